The number of furan rings is 1. The quantitative estimate of drug-likeness (QED) is 0.708. The largest absolute Gasteiger partial charge is 0.463 e. The number of anilines is 1. The normalized spacial score (nSPS) is 13.8. The zero-order valence-electron chi connectivity index (χ0n) is 14.8. The minimum absolute atomic E-state index is 0.198. The van der Waals surface area contributed by atoms with Gasteiger partial charge >= 0.3 is 0 Å². The second-order valence-electron chi connectivity index (χ2n) is 6.58. The van der Waals surface area contributed by atoms with Crippen LogP contribution in [0.5, 0.6) is 0 Å². The summed E-state index contributed by atoms with van der Waals surface area (Å²) in [5.74, 6) is 3.18. The van der Waals surface area contributed by atoms with Crippen LogP contribution in [0, 0.1) is 6.92 Å². The molecule has 25 heavy (non-hydrogen) atoms. The summed E-state index contributed by atoms with van der Waals surface area (Å²) in [5, 5.41) is 17.7. The fraction of sp³-hybridized carbons (Fsp3) is 0.389. The fourth-order valence-corrected chi connectivity index (χ4v) is 2.32. The highest BCUT2D eigenvalue weighted by Gasteiger charge is 2.26. The molecule has 0 amide bonds. The van der Waals surface area contributed by atoms with E-state index in [1.165, 1.54) is 0 Å². The fourth-order valence-electron chi connectivity index (χ4n) is 2.32. The highest BCUT2D eigenvalue weighted by atomic mass is 16.5. The van der Waals surface area contributed by atoms with Gasteiger partial charge in [0.1, 0.15) is 22.9 Å². The lowest BCUT2D eigenvalue weighted by molar-refractivity contribution is 0.0467. The van der Waals surface area contributed by atoms with Crippen LogP contribution in [-0.2, 0) is 5.60 Å². The van der Waals surface area contributed by atoms with Gasteiger partial charge in [0.2, 0.25) is 0 Å². The van der Waals surface area contributed by atoms with Gasteiger partial charge < -0.3 is 19.4 Å². The van der Waals surface area contributed by atoms with E-state index in [1.54, 1.807) is 31.3 Å². The monoisotopic (exact) mass is 342 g/mol. The number of nitrogens with zero attached hydrogens (tertiary/aromatic N) is 3. The summed E-state index contributed by atoms with van der Waals surface area (Å²) in [6, 6.07) is 7.20. The van der Waals surface area contributed by atoms with Crippen LogP contribution in [0.4, 0.5) is 5.82 Å². The van der Waals surface area contributed by atoms with Gasteiger partial charge in [0, 0.05) is 17.7 Å². The number of nitrogens with one attached hydrogen (secondary N) is 1. The average molecular weight is 342 g/mol. The molecule has 0 aliphatic carbocycles. The van der Waals surface area contributed by atoms with Crippen molar-refractivity contribution in [3.63, 3.8) is 0 Å². The van der Waals surface area contributed by atoms with E-state index in [1.807, 2.05) is 26.8 Å². The lowest BCUT2D eigenvalue weighted by Crippen LogP contribution is -2.30. The summed E-state index contributed by atoms with van der Waals surface area (Å²) in [4.78, 5) is 8.65. The van der Waals surface area contributed by atoms with Gasteiger partial charge in [-0.25, -0.2) is 4.98 Å². The van der Waals surface area contributed by atoms with Crippen molar-refractivity contribution in [2.45, 2.75) is 39.2 Å². The third-order valence-electron chi connectivity index (χ3n) is 3.85. The van der Waals surface area contributed by atoms with E-state index < -0.39 is 5.60 Å². The molecule has 132 valence electrons. The van der Waals surface area contributed by atoms with E-state index in [9.17, 15) is 5.11 Å². The topological polar surface area (TPSA) is 97.2 Å². The molecule has 0 aromatic carbocycles. The van der Waals surface area contributed by atoms with Gasteiger partial charge in [-0.15, -0.1) is 0 Å². The molecule has 0 bridgehead atoms. The van der Waals surface area contributed by atoms with Crippen molar-refractivity contribution in [3.8, 4) is 11.5 Å². The summed E-state index contributed by atoms with van der Waals surface area (Å²) in [6.07, 6.45) is 1.66. The Labute approximate surface area is 146 Å². The van der Waals surface area contributed by atoms with Crippen molar-refractivity contribution in [1.82, 2.24) is 15.1 Å². The van der Waals surface area contributed by atoms with Crippen LogP contribution in [0.2, 0.25) is 0 Å². The summed E-state index contributed by atoms with van der Waals surface area (Å²) in [5.41, 5.74) is -0.383. The van der Waals surface area contributed by atoms with Crippen molar-refractivity contribution >= 4 is 5.82 Å². The Balaban J connectivity index is 1.73. The third-order valence-corrected chi connectivity index (χ3v) is 3.85. The number of hydrogen-bond acceptors (Lipinski definition) is 7. The zero-order chi connectivity index (χ0) is 18.0. The average Bonchev–Trinajstić information content (AvgIpc) is 3.23. The first-order chi connectivity index (χ1) is 11.8. The van der Waals surface area contributed by atoms with Crippen LogP contribution >= 0.6 is 0 Å². The van der Waals surface area contributed by atoms with Crippen molar-refractivity contribution in [2.75, 3.05) is 11.9 Å². The molecule has 0 aliphatic rings. The number of rotatable bonds is 6. The van der Waals surface area contributed by atoms with E-state index in [0.29, 0.717) is 23.3 Å². The van der Waals surface area contributed by atoms with E-state index >= 15 is 0 Å². The van der Waals surface area contributed by atoms with Crippen LogP contribution in [0.25, 0.3) is 11.5 Å². The maximum Gasteiger partial charge on any atom is 0.258 e. The number of pyridine rings is 1. The maximum absolute atomic E-state index is 10.6. The van der Waals surface area contributed by atoms with E-state index in [0.717, 1.165) is 11.3 Å². The molecule has 0 radical (unpaired) electrons. The molecule has 3 rings (SSSR count). The number of aryl methyl sites for hydroxylation is 1. The predicted octanol–water partition coefficient (Wildman–Crippen LogP) is 3.48. The standard InChI is InChI=1S/C18H22N4O3/c1-11(2)16-21-17(25-22-16)13-7-8-19-15(9-13)20-10-18(4,23)14-6-5-12(3)24-14/h5-9,11,23H,10H2,1-4H3,(H,19,20). The number of hydrogen-bond donors (Lipinski definition) is 2. The second-order valence-corrected chi connectivity index (χ2v) is 6.58. The highest BCUT2D eigenvalue weighted by molar-refractivity contribution is 5.58. The lowest BCUT2D eigenvalue weighted by Gasteiger charge is -2.21. The summed E-state index contributed by atoms with van der Waals surface area (Å²) >= 11 is 0. The predicted molar refractivity (Wildman–Crippen MR) is 93.1 cm³/mol. The maximum atomic E-state index is 10.6. The van der Waals surface area contributed by atoms with Crippen molar-refractivity contribution in [1.29, 1.82) is 0 Å². The summed E-state index contributed by atoms with van der Waals surface area (Å²) < 4.78 is 10.8. The third kappa shape index (κ3) is 3.88. The molecule has 0 fully saturated rings. The van der Waals surface area contributed by atoms with Crippen LogP contribution in [0.15, 0.2) is 39.4 Å². The van der Waals surface area contributed by atoms with Gasteiger partial charge in [-0.2, -0.15) is 4.98 Å². The highest BCUT2D eigenvalue weighted by Crippen LogP contribution is 2.25. The van der Waals surface area contributed by atoms with Crippen LogP contribution in [-0.4, -0.2) is 26.8 Å². The van der Waals surface area contributed by atoms with Gasteiger partial charge in [0.05, 0.1) is 6.54 Å². The molecule has 2 N–H and O–H groups in total. The number of aliphatic hydroxyl groups is 1. The molecular formula is C18H22N4O3. The van der Waals surface area contributed by atoms with Gasteiger partial charge in [-0.1, -0.05) is 19.0 Å². The van der Waals surface area contributed by atoms with E-state index in [-0.39, 0.29) is 12.5 Å². The van der Waals surface area contributed by atoms with Gasteiger partial charge in [-0.3, -0.25) is 0 Å². The SMILES string of the molecule is Cc1ccc(C(C)(O)CNc2cc(-c3nc(C(C)C)no3)ccn2)o1. The molecule has 0 spiro atoms. The lowest BCUT2D eigenvalue weighted by atomic mass is 10.0. The molecule has 0 saturated carbocycles. The smallest absolute Gasteiger partial charge is 0.258 e. The Morgan fingerprint density at radius 1 is 1.28 bits per heavy atom. The Kier molecular flexibility index (Phi) is 4.59. The zero-order valence-corrected chi connectivity index (χ0v) is 14.8. The molecule has 3 heterocycles. The molecule has 3 aromatic heterocycles. The van der Waals surface area contributed by atoms with Gasteiger partial charge in [0.25, 0.3) is 5.89 Å². The molecule has 0 aliphatic heterocycles. The Bertz CT molecular complexity index is 851. The second kappa shape index (κ2) is 6.68. The van der Waals surface area contributed by atoms with Gasteiger partial charge in [0.15, 0.2) is 5.82 Å². The molecule has 7 nitrogen and oxygen atoms in total. The van der Waals surface area contributed by atoms with Crippen LogP contribution < -0.4 is 5.32 Å². The summed E-state index contributed by atoms with van der Waals surface area (Å²) in [6.45, 7) is 7.79. The molecule has 3 aromatic rings. The molecule has 1 atom stereocenters. The molecule has 1 unspecified atom stereocenters. The minimum Gasteiger partial charge on any atom is -0.463 e. The first-order valence-corrected chi connectivity index (χ1v) is 8.18. The Morgan fingerprint density at radius 3 is 2.72 bits per heavy atom. The van der Waals surface area contributed by atoms with Crippen molar-refractivity contribution in [3.05, 3.63) is 47.8 Å². The van der Waals surface area contributed by atoms with Gasteiger partial charge in [-0.05, 0) is 38.1 Å². The molecule has 0 saturated heterocycles. The van der Waals surface area contributed by atoms with E-state index in [4.69, 9.17) is 8.94 Å². The molecule has 7 heteroatoms. The minimum atomic E-state index is -1.15. The Morgan fingerprint density at radius 2 is 2.08 bits per heavy atom. The first kappa shape index (κ1) is 17.2. The van der Waals surface area contributed by atoms with Crippen LogP contribution in [0.1, 0.15) is 44.0 Å². The first-order valence-electron chi connectivity index (χ1n) is 8.18. The van der Waals surface area contributed by atoms with Crippen molar-refractivity contribution < 1.29 is 14.0 Å². The summed E-state index contributed by atoms with van der Waals surface area (Å²) in [7, 11) is 0. The van der Waals surface area contributed by atoms with Crippen LogP contribution in [0.3, 0.4) is 0 Å². The van der Waals surface area contributed by atoms with Crippen molar-refractivity contribution in [2.24, 2.45) is 0 Å². The number of aromatic nitrogens is 3. The van der Waals surface area contributed by atoms with E-state index in [2.05, 4.69) is 20.4 Å². The molecular weight excluding hydrogens is 320 g/mol. The Hall–Kier alpha value is -2.67.